The van der Waals surface area contributed by atoms with E-state index in [-0.39, 0.29) is 5.56 Å². The fourth-order valence-electron chi connectivity index (χ4n) is 2.34. The van der Waals surface area contributed by atoms with Crippen LogP contribution in [-0.2, 0) is 14.3 Å². The van der Waals surface area contributed by atoms with Crippen LogP contribution in [-0.4, -0.2) is 45.7 Å². The van der Waals surface area contributed by atoms with Gasteiger partial charge in [0.25, 0.3) is 11.8 Å². The van der Waals surface area contributed by atoms with Crippen LogP contribution < -0.4 is 19.5 Å². The van der Waals surface area contributed by atoms with Gasteiger partial charge in [-0.25, -0.2) is 4.79 Å². The smallest absolute Gasteiger partial charge is 0.331 e. The highest BCUT2D eigenvalue weighted by Crippen LogP contribution is 2.23. The highest BCUT2D eigenvalue weighted by molar-refractivity contribution is 6.06. The Morgan fingerprint density at radius 2 is 1.59 bits per heavy atom. The Bertz CT molecular complexity index is 899. The van der Waals surface area contributed by atoms with E-state index in [1.54, 1.807) is 36.4 Å². The van der Waals surface area contributed by atoms with E-state index in [0.717, 1.165) is 6.08 Å². The summed E-state index contributed by atoms with van der Waals surface area (Å²) in [6, 6.07) is 11.5. The predicted octanol–water partition coefficient (Wildman–Crippen LogP) is 2.23. The van der Waals surface area contributed by atoms with Gasteiger partial charge in [-0.2, -0.15) is 0 Å². The molecule has 152 valence electrons. The number of carbonyl (C=O) groups is 3. The SMILES string of the molecule is COc1cc(/C=C/C(=O)OCC(=O)NC(=O)c2ccccc2OC)cc(OC)c1. The first-order valence-electron chi connectivity index (χ1n) is 8.52. The van der Waals surface area contributed by atoms with Gasteiger partial charge in [0, 0.05) is 12.1 Å². The first-order chi connectivity index (χ1) is 14.0. The van der Waals surface area contributed by atoms with Crippen molar-refractivity contribution in [1.29, 1.82) is 0 Å². The molecule has 0 unspecified atom stereocenters. The Kier molecular flexibility index (Phi) is 7.78. The molecule has 8 heteroatoms. The van der Waals surface area contributed by atoms with E-state index in [2.05, 4.69) is 5.32 Å². The molecule has 1 N–H and O–H groups in total. The number of ether oxygens (including phenoxy) is 4. The van der Waals surface area contributed by atoms with Crippen LogP contribution in [0.2, 0.25) is 0 Å². The molecule has 0 bridgehead atoms. The van der Waals surface area contributed by atoms with Crippen LogP contribution in [0, 0.1) is 0 Å². The fraction of sp³-hybridized carbons (Fsp3) is 0.190. The molecule has 0 aliphatic heterocycles. The topological polar surface area (TPSA) is 100 Å². The summed E-state index contributed by atoms with van der Waals surface area (Å²) < 4.78 is 20.2. The standard InChI is InChI=1S/C21H21NO7/c1-26-15-10-14(11-16(12-15)27-2)8-9-20(24)29-13-19(23)22-21(25)17-6-4-5-7-18(17)28-3/h4-12H,13H2,1-3H3,(H,22,23,25)/b9-8+. The van der Waals surface area contributed by atoms with Crippen molar-refractivity contribution < 1.29 is 33.3 Å². The number of hydrogen-bond acceptors (Lipinski definition) is 7. The highest BCUT2D eigenvalue weighted by atomic mass is 16.5. The normalized spacial score (nSPS) is 10.3. The van der Waals surface area contributed by atoms with Crippen molar-refractivity contribution in [3.63, 3.8) is 0 Å². The molecule has 0 aromatic heterocycles. The van der Waals surface area contributed by atoms with Gasteiger partial charge in [0.15, 0.2) is 6.61 Å². The Balaban J connectivity index is 1.89. The summed E-state index contributed by atoms with van der Waals surface area (Å²) in [4.78, 5) is 35.8. The maximum atomic E-state index is 12.1. The minimum atomic E-state index is -0.759. The maximum absolute atomic E-state index is 12.1. The van der Waals surface area contributed by atoms with E-state index in [1.807, 2.05) is 0 Å². The third-order valence-corrected chi connectivity index (χ3v) is 3.74. The zero-order chi connectivity index (χ0) is 21.2. The van der Waals surface area contributed by atoms with Crippen molar-refractivity contribution in [3.05, 3.63) is 59.7 Å². The zero-order valence-electron chi connectivity index (χ0n) is 16.3. The lowest BCUT2D eigenvalue weighted by atomic mass is 10.2. The Morgan fingerprint density at radius 1 is 0.931 bits per heavy atom. The van der Waals surface area contributed by atoms with Crippen LogP contribution in [0.1, 0.15) is 15.9 Å². The monoisotopic (exact) mass is 399 g/mol. The highest BCUT2D eigenvalue weighted by Gasteiger charge is 2.15. The molecule has 0 aliphatic rings. The third-order valence-electron chi connectivity index (χ3n) is 3.74. The van der Waals surface area contributed by atoms with E-state index in [9.17, 15) is 14.4 Å². The van der Waals surface area contributed by atoms with Crippen LogP contribution in [0.5, 0.6) is 17.2 Å². The molecule has 0 saturated heterocycles. The van der Waals surface area contributed by atoms with Crippen molar-refractivity contribution in [2.75, 3.05) is 27.9 Å². The molecule has 0 spiro atoms. The summed E-state index contributed by atoms with van der Waals surface area (Å²) in [6.07, 6.45) is 2.65. The minimum absolute atomic E-state index is 0.196. The lowest BCUT2D eigenvalue weighted by Gasteiger charge is -2.08. The number of imide groups is 1. The van der Waals surface area contributed by atoms with E-state index in [1.165, 1.54) is 33.5 Å². The average Bonchev–Trinajstić information content (AvgIpc) is 2.75. The van der Waals surface area contributed by atoms with Gasteiger partial charge in [-0.15, -0.1) is 0 Å². The predicted molar refractivity (Wildman–Crippen MR) is 105 cm³/mol. The van der Waals surface area contributed by atoms with Crippen molar-refractivity contribution in [2.45, 2.75) is 0 Å². The van der Waals surface area contributed by atoms with Crippen LogP contribution >= 0.6 is 0 Å². The molecule has 0 heterocycles. The molecule has 0 atom stereocenters. The van der Waals surface area contributed by atoms with Gasteiger partial charge in [-0.1, -0.05) is 12.1 Å². The number of nitrogens with one attached hydrogen (secondary N) is 1. The number of hydrogen-bond donors (Lipinski definition) is 1. The molecule has 0 fully saturated rings. The number of carbonyl (C=O) groups excluding carboxylic acids is 3. The number of para-hydroxylation sites is 1. The average molecular weight is 399 g/mol. The van der Waals surface area contributed by atoms with Gasteiger partial charge in [-0.05, 0) is 35.9 Å². The largest absolute Gasteiger partial charge is 0.497 e. The summed E-state index contributed by atoms with van der Waals surface area (Å²) in [6.45, 7) is -0.606. The second-order valence-corrected chi connectivity index (χ2v) is 5.66. The molecule has 2 aromatic carbocycles. The molecule has 2 amide bonds. The minimum Gasteiger partial charge on any atom is -0.497 e. The fourth-order valence-corrected chi connectivity index (χ4v) is 2.34. The Labute approximate surface area is 168 Å². The number of benzene rings is 2. The van der Waals surface area contributed by atoms with E-state index in [4.69, 9.17) is 18.9 Å². The summed E-state index contributed by atoms with van der Waals surface area (Å²) in [5.74, 6) is -0.704. The van der Waals surface area contributed by atoms with Crippen LogP contribution in [0.15, 0.2) is 48.5 Å². The summed E-state index contributed by atoms with van der Waals surface area (Å²) in [7, 11) is 4.45. The third kappa shape index (κ3) is 6.39. The molecule has 8 nitrogen and oxygen atoms in total. The summed E-state index contributed by atoms with van der Waals surface area (Å²) >= 11 is 0. The molecule has 0 aliphatic carbocycles. The number of esters is 1. The molecule has 2 aromatic rings. The van der Waals surface area contributed by atoms with Gasteiger partial charge >= 0.3 is 5.97 Å². The quantitative estimate of drug-likeness (QED) is 0.537. The van der Waals surface area contributed by atoms with Crippen LogP contribution in [0.4, 0.5) is 0 Å². The Hall–Kier alpha value is -3.81. The van der Waals surface area contributed by atoms with Crippen LogP contribution in [0.25, 0.3) is 6.08 Å². The summed E-state index contributed by atoms with van der Waals surface area (Å²) in [5, 5.41) is 2.14. The van der Waals surface area contributed by atoms with Gasteiger partial charge in [0.05, 0.1) is 26.9 Å². The van der Waals surface area contributed by atoms with E-state index in [0.29, 0.717) is 22.8 Å². The summed E-state index contributed by atoms with van der Waals surface area (Å²) in [5.41, 5.74) is 0.843. The second kappa shape index (κ2) is 10.5. The number of amides is 2. The molecule has 0 saturated carbocycles. The number of rotatable bonds is 8. The van der Waals surface area contributed by atoms with Gasteiger partial charge in [0.1, 0.15) is 17.2 Å². The first kappa shape index (κ1) is 21.5. The molecule has 29 heavy (non-hydrogen) atoms. The lowest BCUT2D eigenvalue weighted by molar-refractivity contribution is -0.143. The van der Waals surface area contributed by atoms with Gasteiger partial charge in [0.2, 0.25) is 0 Å². The van der Waals surface area contributed by atoms with E-state index >= 15 is 0 Å². The second-order valence-electron chi connectivity index (χ2n) is 5.66. The molecular formula is C21H21NO7. The van der Waals surface area contributed by atoms with E-state index < -0.39 is 24.4 Å². The van der Waals surface area contributed by atoms with Crippen LogP contribution in [0.3, 0.4) is 0 Å². The first-order valence-corrected chi connectivity index (χ1v) is 8.52. The van der Waals surface area contributed by atoms with Crippen molar-refractivity contribution in [1.82, 2.24) is 5.32 Å². The van der Waals surface area contributed by atoms with Gasteiger partial charge < -0.3 is 18.9 Å². The zero-order valence-corrected chi connectivity index (χ0v) is 16.3. The van der Waals surface area contributed by atoms with Crippen molar-refractivity contribution in [3.8, 4) is 17.2 Å². The number of methoxy groups -OCH3 is 3. The lowest BCUT2D eigenvalue weighted by Crippen LogP contribution is -2.34. The van der Waals surface area contributed by atoms with Gasteiger partial charge in [-0.3, -0.25) is 14.9 Å². The molecule has 2 rings (SSSR count). The van der Waals surface area contributed by atoms with Crippen molar-refractivity contribution >= 4 is 23.9 Å². The molecule has 0 radical (unpaired) electrons. The molecular weight excluding hydrogens is 378 g/mol. The Morgan fingerprint density at radius 3 is 2.21 bits per heavy atom. The van der Waals surface area contributed by atoms with Crippen molar-refractivity contribution in [2.24, 2.45) is 0 Å². The maximum Gasteiger partial charge on any atom is 0.331 e.